The molecule has 1 aliphatic rings. The van der Waals surface area contributed by atoms with Crippen LogP contribution >= 0.6 is 0 Å². The Morgan fingerprint density at radius 3 is 2.57 bits per heavy atom. The molecule has 9 nitrogen and oxygen atoms in total. The normalized spacial score (nSPS) is 15.0. The number of amides is 1. The molecule has 1 unspecified atom stereocenters. The molecule has 9 heteroatoms. The van der Waals surface area contributed by atoms with Crippen molar-refractivity contribution < 1.29 is 9.72 Å². The Morgan fingerprint density at radius 2 is 1.84 bits per heavy atom. The van der Waals surface area contributed by atoms with Gasteiger partial charge >= 0.3 is 0 Å². The van der Waals surface area contributed by atoms with Gasteiger partial charge in [0, 0.05) is 30.9 Å². The van der Waals surface area contributed by atoms with Gasteiger partial charge in [0.05, 0.1) is 34.1 Å². The van der Waals surface area contributed by atoms with Crippen molar-refractivity contribution in [3.63, 3.8) is 0 Å². The Hall–Kier alpha value is -5.18. The monoisotopic (exact) mass is 490 g/mol. The molecule has 4 aromatic rings. The van der Waals surface area contributed by atoms with E-state index in [9.17, 15) is 14.9 Å². The highest BCUT2D eigenvalue weighted by Gasteiger charge is 2.30. The van der Waals surface area contributed by atoms with Crippen molar-refractivity contribution in [1.82, 2.24) is 10.4 Å². The zero-order valence-electron chi connectivity index (χ0n) is 19.6. The van der Waals surface area contributed by atoms with E-state index in [-0.39, 0.29) is 22.6 Å². The second-order valence-electron chi connectivity index (χ2n) is 8.36. The van der Waals surface area contributed by atoms with E-state index in [0.29, 0.717) is 12.0 Å². The lowest BCUT2D eigenvalue weighted by molar-refractivity contribution is -0.384. The standard InChI is InChI=1S/C28H22N6O3/c35-28(23-9-5-15-29-19-23)31-30-18-20-11-13-24(14-12-20)33-27(22-8-4-10-25(16-22)34(36)37)17-26(32-33)21-6-2-1-3-7-21/h1-16,18-19,27H,17H2,(H,31,35). The van der Waals surface area contributed by atoms with Crippen LogP contribution in [0.15, 0.2) is 114 Å². The van der Waals surface area contributed by atoms with E-state index in [0.717, 1.165) is 28.1 Å². The molecule has 0 spiro atoms. The summed E-state index contributed by atoms with van der Waals surface area (Å²) in [6.45, 7) is 0. The van der Waals surface area contributed by atoms with E-state index in [2.05, 4.69) is 15.5 Å². The van der Waals surface area contributed by atoms with Gasteiger partial charge in [-0.3, -0.25) is 24.9 Å². The lowest BCUT2D eigenvalue weighted by atomic mass is 9.98. The number of non-ortho nitro benzene ring substituents is 1. The van der Waals surface area contributed by atoms with Crippen LogP contribution < -0.4 is 10.4 Å². The summed E-state index contributed by atoms with van der Waals surface area (Å²) < 4.78 is 0. The van der Waals surface area contributed by atoms with E-state index < -0.39 is 0 Å². The molecule has 0 fully saturated rings. The van der Waals surface area contributed by atoms with Crippen molar-refractivity contribution in [1.29, 1.82) is 0 Å². The molecule has 0 bridgehead atoms. The van der Waals surface area contributed by atoms with E-state index in [1.807, 2.05) is 65.7 Å². The number of anilines is 1. The van der Waals surface area contributed by atoms with Gasteiger partial charge in [-0.25, -0.2) is 5.43 Å². The fourth-order valence-electron chi connectivity index (χ4n) is 4.10. The lowest BCUT2D eigenvalue weighted by Crippen LogP contribution is -2.19. The molecule has 0 radical (unpaired) electrons. The average molecular weight is 491 g/mol. The molecule has 2 heterocycles. The molecule has 0 saturated carbocycles. The minimum Gasteiger partial charge on any atom is -0.267 e. The van der Waals surface area contributed by atoms with Crippen molar-refractivity contribution in [3.05, 3.63) is 136 Å². The maximum atomic E-state index is 12.1. The van der Waals surface area contributed by atoms with Crippen molar-refractivity contribution in [2.45, 2.75) is 12.5 Å². The smallest absolute Gasteiger partial charge is 0.267 e. The third kappa shape index (κ3) is 5.40. The molecule has 0 aliphatic carbocycles. The Labute approximate surface area is 212 Å². The summed E-state index contributed by atoms with van der Waals surface area (Å²) >= 11 is 0. The highest BCUT2D eigenvalue weighted by atomic mass is 16.6. The number of hydrazone groups is 2. The van der Waals surface area contributed by atoms with Crippen LogP contribution in [0.3, 0.4) is 0 Å². The van der Waals surface area contributed by atoms with Gasteiger partial charge in [-0.2, -0.15) is 10.2 Å². The highest BCUT2D eigenvalue weighted by molar-refractivity contribution is 6.03. The minimum atomic E-state index is -0.386. The topological polar surface area (TPSA) is 113 Å². The van der Waals surface area contributed by atoms with Crippen LogP contribution in [0.4, 0.5) is 11.4 Å². The summed E-state index contributed by atoms with van der Waals surface area (Å²) in [6.07, 6.45) is 5.23. The first kappa shape index (κ1) is 23.6. The third-order valence-corrected chi connectivity index (χ3v) is 5.94. The number of nitro benzene ring substituents is 1. The predicted molar refractivity (Wildman–Crippen MR) is 142 cm³/mol. The molecule has 1 aromatic heterocycles. The second-order valence-corrected chi connectivity index (χ2v) is 8.36. The molecular formula is C28H22N6O3. The number of carbonyl (C=O) groups is 1. The molecule has 37 heavy (non-hydrogen) atoms. The van der Waals surface area contributed by atoms with E-state index >= 15 is 0 Å². The number of pyridine rings is 1. The summed E-state index contributed by atoms with van der Waals surface area (Å²) in [4.78, 5) is 27.0. The Balaban J connectivity index is 1.38. The molecule has 1 N–H and O–H groups in total. The van der Waals surface area contributed by atoms with Crippen LogP contribution in [0.25, 0.3) is 0 Å². The number of aromatic nitrogens is 1. The van der Waals surface area contributed by atoms with E-state index in [1.165, 1.54) is 12.3 Å². The zero-order chi connectivity index (χ0) is 25.6. The van der Waals surface area contributed by atoms with Gasteiger partial charge in [0.2, 0.25) is 0 Å². The molecule has 1 aliphatic heterocycles. The first-order valence-corrected chi connectivity index (χ1v) is 11.6. The molecule has 3 aromatic carbocycles. The van der Waals surface area contributed by atoms with Crippen molar-refractivity contribution >= 4 is 29.2 Å². The van der Waals surface area contributed by atoms with E-state index in [4.69, 9.17) is 5.10 Å². The van der Waals surface area contributed by atoms with E-state index in [1.54, 1.807) is 36.7 Å². The highest BCUT2D eigenvalue weighted by Crippen LogP contribution is 2.37. The molecule has 0 saturated heterocycles. The number of benzene rings is 3. The summed E-state index contributed by atoms with van der Waals surface area (Å²) in [5, 5.41) is 22.2. The summed E-state index contributed by atoms with van der Waals surface area (Å²) in [5.41, 5.74) is 7.30. The fraction of sp³-hybridized carbons (Fsp3) is 0.0714. The maximum absolute atomic E-state index is 12.1. The van der Waals surface area contributed by atoms with Gasteiger partial charge in [-0.15, -0.1) is 0 Å². The van der Waals surface area contributed by atoms with Crippen molar-refractivity contribution in [2.75, 3.05) is 5.01 Å². The van der Waals surface area contributed by atoms with Gasteiger partial charge in [-0.05, 0) is 41.0 Å². The second kappa shape index (κ2) is 10.6. The van der Waals surface area contributed by atoms with Crippen LogP contribution in [0.2, 0.25) is 0 Å². The third-order valence-electron chi connectivity index (χ3n) is 5.94. The number of rotatable bonds is 7. The summed E-state index contributed by atoms with van der Waals surface area (Å²) in [7, 11) is 0. The average Bonchev–Trinajstić information content (AvgIpc) is 3.40. The minimum absolute atomic E-state index is 0.0468. The molecule has 1 atom stereocenters. The maximum Gasteiger partial charge on any atom is 0.272 e. The van der Waals surface area contributed by atoms with Gasteiger partial charge in [0.1, 0.15) is 0 Å². The Bertz CT molecular complexity index is 1470. The van der Waals surface area contributed by atoms with Crippen LogP contribution in [-0.4, -0.2) is 27.7 Å². The summed E-state index contributed by atoms with van der Waals surface area (Å²) in [6, 6.07) is 27.3. The molecular weight excluding hydrogens is 468 g/mol. The van der Waals surface area contributed by atoms with Crippen molar-refractivity contribution in [3.8, 4) is 0 Å². The number of hydrogen-bond donors (Lipinski definition) is 1. The largest absolute Gasteiger partial charge is 0.272 e. The number of carbonyl (C=O) groups excluding carboxylic acids is 1. The van der Waals surface area contributed by atoms with Gasteiger partial charge in [-0.1, -0.05) is 54.6 Å². The first-order chi connectivity index (χ1) is 18.1. The number of nitrogens with one attached hydrogen (secondary N) is 1. The fourth-order valence-corrected chi connectivity index (χ4v) is 4.10. The van der Waals surface area contributed by atoms with Crippen LogP contribution in [0, 0.1) is 10.1 Å². The van der Waals surface area contributed by atoms with Crippen molar-refractivity contribution in [2.24, 2.45) is 10.2 Å². The van der Waals surface area contributed by atoms with Crippen LogP contribution in [-0.2, 0) is 0 Å². The molecule has 1 amide bonds. The number of hydrogen-bond acceptors (Lipinski definition) is 7. The zero-order valence-corrected chi connectivity index (χ0v) is 19.6. The van der Waals surface area contributed by atoms with Gasteiger partial charge < -0.3 is 0 Å². The first-order valence-electron chi connectivity index (χ1n) is 11.6. The summed E-state index contributed by atoms with van der Waals surface area (Å²) in [5.74, 6) is -0.347. The number of nitro groups is 1. The van der Waals surface area contributed by atoms with Gasteiger partial charge in [0.25, 0.3) is 11.6 Å². The SMILES string of the molecule is O=C(NN=Cc1ccc(N2N=C(c3ccccc3)CC2c2cccc([N+](=O)[O-])c2)cc1)c1cccnc1. The number of nitrogens with zero attached hydrogens (tertiary/aromatic N) is 5. The van der Waals surface area contributed by atoms with Crippen LogP contribution in [0.5, 0.6) is 0 Å². The van der Waals surface area contributed by atoms with Gasteiger partial charge in [0.15, 0.2) is 0 Å². The Kier molecular flexibility index (Phi) is 6.76. The quantitative estimate of drug-likeness (QED) is 0.220. The van der Waals surface area contributed by atoms with Crippen LogP contribution in [0.1, 0.15) is 39.5 Å². The molecule has 5 rings (SSSR count). The molecule has 182 valence electrons. The predicted octanol–water partition coefficient (Wildman–Crippen LogP) is 5.11. The Morgan fingerprint density at radius 1 is 1.03 bits per heavy atom. The lowest BCUT2D eigenvalue weighted by Gasteiger charge is -2.24.